The largest absolute Gasteiger partial charge is 0.583 e. The molecule has 6 heterocycles. The van der Waals surface area contributed by atoms with Crippen LogP contribution in [0.1, 0.15) is 23.5 Å². The Morgan fingerprint density at radius 2 is 2.14 bits per heavy atom. The minimum atomic E-state index is -4.22. The van der Waals surface area contributed by atoms with Gasteiger partial charge in [-0.2, -0.15) is 14.6 Å². The molecule has 0 spiro atoms. The van der Waals surface area contributed by atoms with Crippen molar-refractivity contribution in [1.82, 2.24) is 44.5 Å². The van der Waals surface area contributed by atoms with Crippen molar-refractivity contribution >= 4 is 78.5 Å². The van der Waals surface area contributed by atoms with Crippen LogP contribution in [-0.2, 0) is 34.7 Å². The Morgan fingerprint density at radius 1 is 1.34 bits per heavy atom. The number of hydrogen-bond acceptors (Lipinski definition) is 18. The number of ether oxygens (including phenoxy) is 1. The van der Waals surface area contributed by atoms with Crippen LogP contribution in [0.4, 0.5) is 11.9 Å². The number of nitrogens with zero attached hydrogens (tertiary/aromatic N) is 8. The van der Waals surface area contributed by atoms with Crippen molar-refractivity contribution in [2.75, 3.05) is 18.1 Å². The number of aliphatic hydroxyl groups excluding tert-OH is 2. The van der Waals surface area contributed by atoms with Crippen molar-refractivity contribution in [1.29, 1.82) is 0 Å². The lowest BCUT2D eigenvalue weighted by atomic mass is 10.1. The van der Waals surface area contributed by atoms with Crippen LogP contribution in [0, 0.1) is 0 Å². The summed E-state index contributed by atoms with van der Waals surface area (Å²) in [4.78, 5) is 38.0. The van der Waals surface area contributed by atoms with E-state index in [4.69, 9.17) is 41.6 Å². The lowest BCUT2D eigenvalue weighted by Crippen LogP contribution is -2.35. The first-order valence-electron chi connectivity index (χ1n) is 12.6. The number of nitrogen functional groups attached to an aromatic ring is 2. The average molecular weight is 707 g/mol. The lowest BCUT2D eigenvalue weighted by Gasteiger charge is -2.27. The van der Waals surface area contributed by atoms with Gasteiger partial charge in [0.25, 0.3) is 5.56 Å². The van der Waals surface area contributed by atoms with E-state index in [1.807, 2.05) is 0 Å². The van der Waals surface area contributed by atoms with Gasteiger partial charge < -0.3 is 31.3 Å². The molecule has 3 aliphatic rings. The third-order valence-electron chi connectivity index (χ3n) is 7.49. The van der Waals surface area contributed by atoms with Crippen LogP contribution in [-0.4, -0.2) is 102 Å². The highest BCUT2D eigenvalue weighted by Gasteiger charge is 2.79. The monoisotopic (exact) mass is 706 g/mol. The number of fused-ring (bicyclic) bond motifs is 3. The molecule has 1 aliphatic carbocycles. The molecule has 20 nitrogen and oxygen atoms in total. The van der Waals surface area contributed by atoms with E-state index in [0.29, 0.717) is 11.2 Å². The number of H-pyrrole nitrogens is 1. The van der Waals surface area contributed by atoms with Crippen LogP contribution >= 0.6 is 38.0 Å². The van der Waals surface area contributed by atoms with Crippen molar-refractivity contribution in [2.24, 2.45) is 0 Å². The summed E-state index contributed by atoms with van der Waals surface area (Å²) in [6, 6.07) is 0. The quantitative estimate of drug-likeness (QED) is 0.0808. The Hall–Kier alpha value is -2.40. The van der Waals surface area contributed by atoms with Gasteiger partial charge >= 0.3 is 13.9 Å². The first kappa shape index (κ1) is 30.3. The SMILES string of the molecule is Nc1nc2c(nnn2C2SC(CO)C(O)C2OP(O)(=S)OC2C3OC(c4cnn5c(N)ncnc45)CC32O[P+](=O)S)c(=O)[nH]1. The van der Waals surface area contributed by atoms with Crippen LogP contribution in [0.15, 0.2) is 17.3 Å². The second-order valence-electron chi connectivity index (χ2n) is 10.1. The van der Waals surface area contributed by atoms with Crippen molar-refractivity contribution in [3.63, 3.8) is 0 Å². The summed E-state index contributed by atoms with van der Waals surface area (Å²) in [5.41, 5.74) is 10.4. The second kappa shape index (κ2) is 10.9. The zero-order valence-electron chi connectivity index (χ0n) is 21.8. The van der Waals surface area contributed by atoms with Gasteiger partial charge in [0.05, 0.1) is 30.3 Å². The van der Waals surface area contributed by atoms with Crippen molar-refractivity contribution < 1.29 is 38.0 Å². The van der Waals surface area contributed by atoms with E-state index in [2.05, 4.69) is 47.6 Å². The topological polar surface area (TPSA) is 286 Å². The number of anilines is 2. The van der Waals surface area contributed by atoms with E-state index in [1.54, 1.807) is 0 Å². The van der Waals surface area contributed by atoms with Crippen molar-refractivity contribution in [3.8, 4) is 0 Å². The first-order chi connectivity index (χ1) is 20.9. The molecule has 2 aliphatic heterocycles. The normalized spacial score (nSPS) is 33.1. The molecule has 1 saturated carbocycles. The maximum Gasteiger partial charge on any atom is 0.583 e. The van der Waals surface area contributed by atoms with Gasteiger partial charge in [-0.1, -0.05) is 5.21 Å². The minimum absolute atomic E-state index is 0.0175. The molecule has 0 amide bonds. The lowest BCUT2D eigenvalue weighted by molar-refractivity contribution is -0.00321. The molecule has 4 aromatic heterocycles. The molecule has 10 atom stereocenters. The number of aromatic nitrogens is 9. The summed E-state index contributed by atoms with van der Waals surface area (Å²) in [6.07, 6.45) is -2.26. The van der Waals surface area contributed by atoms with Gasteiger partial charge in [0, 0.05) is 12.0 Å². The van der Waals surface area contributed by atoms with E-state index in [1.165, 1.54) is 21.7 Å². The van der Waals surface area contributed by atoms with Gasteiger partial charge in [-0.3, -0.25) is 18.8 Å². The van der Waals surface area contributed by atoms with E-state index in [9.17, 15) is 24.5 Å². The second-order valence-corrected chi connectivity index (χ2v) is 15.8. The number of rotatable bonds is 9. The molecule has 25 heteroatoms. The number of aromatic amines is 1. The number of nitrogens with two attached hydrogens (primary N) is 2. The smallest absolute Gasteiger partial charge is 0.395 e. The molecule has 2 saturated heterocycles. The summed E-state index contributed by atoms with van der Waals surface area (Å²) < 4.78 is 38.1. The number of nitrogens with one attached hydrogen (secondary N) is 1. The first-order valence-corrected chi connectivity index (χ1v) is 18.5. The average Bonchev–Trinajstić information content (AvgIpc) is 3.52. The predicted molar refractivity (Wildman–Crippen MR) is 158 cm³/mol. The molecule has 234 valence electrons. The van der Waals surface area contributed by atoms with E-state index >= 15 is 0 Å². The zero-order valence-corrected chi connectivity index (χ0v) is 26.1. The third kappa shape index (κ3) is 4.91. The van der Waals surface area contributed by atoms with Crippen molar-refractivity contribution in [2.45, 2.75) is 53.2 Å². The number of thiol groups is 1. The van der Waals surface area contributed by atoms with E-state index < -0.39 is 72.9 Å². The van der Waals surface area contributed by atoms with Crippen LogP contribution in [0.3, 0.4) is 0 Å². The Bertz CT molecular complexity index is 1910. The zero-order chi connectivity index (χ0) is 31.1. The molecule has 7 rings (SSSR count). The van der Waals surface area contributed by atoms with Crippen LogP contribution in [0.5, 0.6) is 0 Å². The number of aliphatic hydroxyl groups is 2. The third-order valence-corrected chi connectivity index (χ3v) is 11.3. The van der Waals surface area contributed by atoms with Crippen LogP contribution in [0.25, 0.3) is 16.8 Å². The molecular formula is C19H22N11O9P2S3+. The highest BCUT2D eigenvalue weighted by molar-refractivity contribution is 8.39. The molecule has 0 bridgehead atoms. The molecule has 0 radical (unpaired) electrons. The maximum atomic E-state index is 12.3. The van der Waals surface area contributed by atoms with Gasteiger partial charge in [0.2, 0.25) is 11.9 Å². The van der Waals surface area contributed by atoms with Gasteiger partial charge in [-0.15, -0.1) is 21.4 Å². The highest BCUT2D eigenvalue weighted by atomic mass is 32.7. The number of hydrogen-bond donors (Lipinski definition) is 7. The fourth-order valence-corrected chi connectivity index (χ4v) is 9.76. The molecule has 10 unspecified atom stereocenters. The van der Waals surface area contributed by atoms with Gasteiger partial charge in [-0.05, 0) is 16.4 Å². The highest BCUT2D eigenvalue weighted by Crippen LogP contribution is 2.67. The van der Waals surface area contributed by atoms with E-state index in [0.717, 1.165) is 11.8 Å². The summed E-state index contributed by atoms with van der Waals surface area (Å²) >= 11 is 10.3. The maximum absolute atomic E-state index is 12.3. The summed E-state index contributed by atoms with van der Waals surface area (Å²) in [5.74, 6) is -0.0834. The van der Waals surface area contributed by atoms with Crippen LogP contribution in [0.2, 0.25) is 0 Å². The molecule has 4 aromatic rings. The van der Waals surface area contributed by atoms with Gasteiger partial charge in [0.15, 0.2) is 22.4 Å². The van der Waals surface area contributed by atoms with Gasteiger partial charge in [0.1, 0.15) is 42.3 Å². The summed E-state index contributed by atoms with van der Waals surface area (Å²) in [7, 11) is -2.45. The molecule has 0 aromatic carbocycles. The van der Waals surface area contributed by atoms with Crippen LogP contribution < -0.4 is 17.0 Å². The number of thioether (sulfide) groups is 1. The summed E-state index contributed by atoms with van der Waals surface area (Å²) in [5, 5.41) is 31.1. The Balaban J connectivity index is 1.13. The fourth-order valence-electron chi connectivity index (χ4n) is 5.51. The fraction of sp³-hybridized carbons (Fsp3) is 0.526. The Labute approximate surface area is 260 Å². The van der Waals surface area contributed by atoms with Gasteiger partial charge in [-0.25, -0.2) is 14.6 Å². The Morgan fingerprint density at radius 3 is 2.89 bits per heavy atom. The Kier molecular flexibility index (Phi) is 7.46. The van der Waals surface area contributed by atoms with E-state index in [-0.39, 0.29) is 29.5 Å². The molecular weight excluding hydrogens is 684 g/mol. The molecule has 3 fully saturated rings. The van der Waals surface area contributed by atoms with Crippen molar-refractivity contribution in [3.05, 3.63) is 28.4 Å². The minimum Gasteiger partial charge on any atom is -0.395 e. The standard InChI is InChI=1S/C19H21N11O9P2S3/c20-17-25-14-8(15(33)26-17)27-28-29(14)16-10(9(32)7(3-31)44-16)37-41(35,43)38-12-11-19(12,39-40(34)42)1-6(36-11)5-2-24-30-13(5)22-4-23-18(30)21/h2,4,6-7,9-12,16,31-32H,1,3H2,(H6-,20,21,22,23,24,25,26,28,33,34,35,42,43)/p+1. The molecule has 8 N–H and O–H groups in total. The molecule has 44 heavy (non-hydrogen) atoms. The predicted octanol–water partition coefficient (Wildman–Crippen LogP) is -1.04. The summed E-state index contributed by atoms with van der Waals surface area (Å²) in [6.45, 7) is -4.69.